The molecule has 24 heavy (non-hydrogen) atoms. The smallest absolute Gasteiger partial charge is 0.268 e. The van der Waals surface area contributed by atoms with Crippen LogP contribution in [0.25, 0.3) is 11.3 Å². The van der Waals surface area contributed by atoms with Crippen molar-refractivity contribution in [1.29, 1.82) is 0 Å². The van der Waals surface area contributed by atoms with Crippen molar-refractivity contribution in [3.05, 3.63) is 46.6 Å². The van der Waals surface area contributed by atoms with Crippen molar-refractivity contribution in [2.24, 2.45) is 0 Å². The van der Waals surface area contributed by atoms with Gasteiger partial charge in [-0.2, -0.15) is 0 Å². The quantitative estimate of drug-likeness (QED) is 0.861. The van der Waals surface area contributed by atoms with Gasteiger partial charge in [-0.1, -0.05) is 31.2 Å². The third-order valence-electron chi connectivity index (χ3n) is 6.10. The van der Waals surface area contributed by atoms with E-state index in [1.54, 1.807) is 0 Å². The number of carbonyl (C=O) groups is 1. The molecule has 1 aliphatic rings. The molecular formula is C21H28N2O. The summed E-state index contributed by atoms with van der Waals surface area (Å²) < 4.78 is 2.28. The lowest BCUT2D eigenvalue weighted by Crippen LogP contribution is -2.63. The number of hydrogen-bond acceptors (Lipinski definition) is 1. The highest BCUT2D eigenvalue weighted by Gasteiger charge is 2.48. The highest BCUT2D eigenvalue weighted by atomic mass is 16.2. The Kier molecular flexibility index (Phi) is 3.67. The lowest BCUT2D eigenvalue weighted by atomic mass is 9.79. The van der Waals surface area contributed by atoms with E-state index in [0.717, 1.165) is 17.7 Å². The van der Waals surface area contributed by atoms with E-state index in [1.807, 2.05) is 0 Å². The molecule has 0 fully saturated rings. The van der Waals surface area contributed by atoms with E-state index in [1.165, 1.54) is 22.4 Å². The van der Waals surface area contributed by atoms with Crippen molar-refractivity contribution in [3.63, 3.8) is 0 Å². The van der Waals surface area contributed by atoms with Crippen LogP contribution in [0.1, 0.15) is 61.8 Å². The Bertz CT molecular complexity index is 825. The number of aryl methyl sites for hydroxylation is 1. The van der Waals surface area contributed by atoms with Crippen molar-refractivity contribution in [1.82, 2.24) is 9.88 Å². The van der Waals surface area contributed by atoms with E-state index in [0.29, 0.717) is 0 Å². The Morgan fingerprint density at radius 1 is 1.00 bits per heavy atom. The summed E-state index contributed by atoms with van der Waals surface area (Å²) in [4.78, 5) is 12.8. The standard InChI is InChI=1S/C21H28N2O/c1-8-15-11-9-10-12-16(15)17-13(2)14(3)18-19(24)22-20(4,5)21(6,7)23(17)18/h9-12H,8H2,1-7H3,(H,22,24). The van der Waals surface area contributed by atoms with Crippen molar-refractivity contribution < 1.29 is 4.79 Å². The van der Waals surface area contributed by atoms with Crippen LogP contribution in [0, 0.1) is 13.8 Å². The van der Waals surface area contributed by atoms with Crippen molar-refractivity contribution >= 4 is 5.91 Å². The van der Waals surface area contributed by atoms with Crippen LogP contribution in [0.15, 0.2) is 24.3 Å². The molecule has 0 aliphatic carbocycles. The molecule has 0 spiro atoms. The summed E-state index contributed by atoms with van der Waals surface area (Å²) in [5.74, 6) is 0.0279. The van der Waals surface area contributed by atoms with Gasteiger partial charge in [0, 0.05) is 5.56 Å². The monoisotopic (exact) mass is 324 g/mol. The van der Waals surface area contributed by atoms with Crippen LogP contribution in [0.3, 0.4) is 0 Å². The number of nitrogens with one attached hydrogen (secondary N) is 1. The maximum absolute atomic E-state index is 12.8. The Morgan fingerprint density at radius 3 is 2.21 bits per heavy atom. The van der Waals surface area contributed by atoms with Crippen molar-refractivity contribution in [2.75, 3.05) is 0 Å². The summed E-state index contributed by atoms with van der Waals surface area (Å²) in [5, 5.41) is 3.20. The summed E-state index contributed by atoms with van der Waals surface area (Å²) >= 11 is 0. The van der Waals surface area contributed by atoms with Gasteiger partial charge in [0.2, 0.25) is 0 Å². The number of hydrogen-bond donors (Lipinski definition) is 1. The number of fused-ring (bicyclic) bond motifs is 1. The summed E-state index contributed by atoms with van der Waals surface area (Å²) in [6.07, 6.45) is 0.977. The normalized spacial score (nSPS) is 18.2. The van der Waals surface area contributed by atoms with Crippen molar-refractivity contribution in [2.45, 2.75) is 66.0 Å². The zero-order valence-electron chi connectivity index (χ0n) is 15.9. The van der Waals surface area contributed by atoms with E-state index in [9.17, 15) is 4.79 Å². The first-order chi connectivity index (χ1) is 11.1. The van der Waals surface area contributed by atoms with Crippen LogP contribution in [0.4, 0.5) is 0 Å². The third kappa shape index (κ3) is 2.07. The average molecular weight is 324 g/mol. The first kappa shape index (κ1) is 16.8. The molecule has 1 amide bonds. The highest BCUT2D eigenvalue weighted by molar-refractivity contribution is 5.98. The molecule has 3 nitrogen and oxygen atoms in total. The molecule has 1 aromatic heterocycles. The zero-order valence-corrected chi connectivity index (χ0v) is 15.9. The van der Waals surface area contributed by atoms with Gasteiger partial charge in [0.05, 0.1) is 16.8 Å². The molecule has 0 unspecified atom stereocenters. The van der Waals surface area contributed by atoms with Gasteiger partial charge in [0.25, 0.3) is 5.91 Å². The van der Waals surface area contributed by atoms with Crippen molar-refractivity contribution in [3.8, 4) is 11.3 Å². The minimum Gasteiger partial charge on any atom is -0.344 e. The maximum Gasteiger partial charge on any atom is 0.268 e. The topological polar surface area (TPSA) is 34.0 Å². The molecule has 128 valence electrons. The van der Waals surface area contributed by atoms with E-state index < -0.39 is 0 Å². The van der Waals surface area contributed by atoms with Gasteiger partial charge < -0.3 is 9.88 Å². The Labute approximate surface area is 145 Å². The summed E-state index contributed by atoms with van der Waals surface area (Å²) in [5.41, 5.74) is 6.27. The molecule has 0 radical (unpaired) electrons. The molecule has 0 saturated heterocycles. The second-order valence-electron chi connectivity index (χ2n) is 7.93. The average Bonchev–Trinajstić information content (AvgIpc) is 2.78. The number of nitrogens with zero attached hydrogens (tertiary/aromatic N) is 1. The SMILES string of the molecule is CCc1ccccc1-c1c(C)c(C)c2n1C(C)(C)C(C)(C)NC2=O. The molecule has 1 aromatic carbocycles. The van der Waals surface area contributed by atoms with Crippen LogP contribution >= 0.6 is 0 Å². The predicted octanol–water partition coefficient (Wildman–Crippen LogP) is 4.59. The summed E-state index contributed by atoms with van der Waals surface area (Å²) in [6, 6.07) is 8.55. The molecule has 0 bridgehead atoms. The third-order valence-corrected chi connectivity index (χ3v) is 6.10. The number of aromatic nitrogens is 1. The van der Waals surface area contributed by atoms with Gasteiger partial charge in [-0.3, -0.25) is 4.79 Å². The molecule has 3 heteroatoms. The summed E-state index contributed by atoms with van der Waals surface area (Å²) in [6.45, 7) is 15.0. The molecule has 0 atom stereocenters. The van der Waals surface area contributed by atoms with Crippen LogP contribution < -0.4 is 5.32 Å². The lowest BCUT2D eigenvalue weighted by molar-refractivity contribution is 0.0704. The van der Waals surface area contributed by atoms with Gasteiger partial charge >= 0.3 is 0 Å². The van der Waals surface area contributed by atoms with Crippen LogP contribution in [-0.4, -0.2) is 16.0 Å². The van der Waals surface area contributed by atoms with Gasteiger partial charge in [0.15, 0.2) is 0 Å². The lowest BCUT2D eigenvalue weighted by Gasteiger charge is -2.48. The Hall–Kier alpha value is -2.03. The van der Waals surface area contributed by atoms with Gasteiger partial charge in [-0.25, -0.2) is 0 Å². The van der Waals surface area contributed by atoms with Gasteiger partial charge in [0.1, 0.15) is 5.69 Å². The number of carbonyl (C=O) groups excluding carboxylic acids is 1. The Balaban J connectivity index is 2.43. The fourth-order valence-corrected chi connectivity index (χ4v) is 3.79. The number of rotatable bonds is 2. The largest absolute Gasteiger partial charge is 0.344 e. The fourth-order valence-electron chi connectivity index (χ4n) is 3.79. The highest BCUT2D eigenvalue weighted by Crippen LogP contribution is 2.43. The van der Waals surface area contributed by atoms with E-state index >= 15 is 0 Å². The van der Waals surface area contributed by atoms with E-state index in [4.69, 9.17) is 0 Å². The minimum absolute atomic E-state index is 0.0279. The van der Waals surface area contributed by atoms with E-state index in [2.05, 4.69) is 82.6 Å². The van der Waals surface area contributed by atoms with E-state index in [-0.39, 0.29) is 17.0 Å². The molecule has 2 heterocycles. The van der Waals surface area contributed by atoms with Gasteiger partial charge in [-0.05, 0) is 64.7 Å². The second kappa shape index (κ2) is 5.23. The second-order valence-corrected chi connectivity index (χ2v) is 7.93. The van der Waals surface area contributed by atoms with Crippen LogP contribution in [-0.2, 0) is 12.0 Å². The van der Waals surface area contributed by atoms with Crippen LogP contribution in [0.5, 0.6) is 0 Å². The summed E-state index contributed by atoms with van der Waals surface area (Å²) in [7, 11) is 0. The predicted molar refractivity (Wildman–Crippen MR) is 99.6 cm³/mol. The number of amides is 1. The maximum atomic E-state index is 12.8. The minimum atomic E-state index is -0.328. The Morgan fingerprint density at radius 2 is 1.58 bits per heavy atom. The molecular weight excluding hydrogens is 296 g/mol. The first-order valence-corrected chi connectivity index (χ1v) is 8.76. The van der Waals surface area contributed by atoms with Gasteiger partial charge in [-0.15, -0.1) is 0 Å². The molecule has 3 rings (SSSR count). The zero-order chi connectivity index (χ0) is 17.9. The molecule has 2 aromatic rings. The van der Waals surface area contributed by atoms with Crippen LogP contribution in [0.2, 0.25) is 0 Å². The first-order valence-electron chi connectivity index (χ1n) is 8.76. The molecule has 1 aliphatic heterocycles. The number of benzene rings is 1. The molecule has 0 saturated carbocycles. The fraction of sp³-hybridized carbons (Fsp3) is 0.476. The molecule has 1 N–H and O–H groups in total.